The average Bonchev–Trinajstić information content (AvgIpc) is 2.66. The molecule has 7 heteroatoms. The summed E-state index contributed by atoms with van der Waals surface area (Å²) >= 11 is 11.9. The van der Waals surface area contributed by atoms with E-state index in [1.807, 2.05) is 0 Å². The average molecular weight is 409 g/mol. The predicted molar refractivity (Wildman–Crippen MR) is 105 cm³/mol. The van der Waals surface area contributed by atoms with Crippen molar-refractivity contribution < 1.29 is 14.0 Å². The summed E-state index contributed by atoms with van der Waals surface area (Å²) in [6.07, 6.45) is 1.39. The summed E-state index contributed by atoms with van der Waals surface area (Å²) < 4.78 is 13.7. The molecule has 0 radical (unpaired) electrons. The first-order valence-electron chi connectivity index (χ1n) is 8.66. The summed E-state index contributed by atoms with van der Waals surface area (Å²) in [5.74, 6) is -1.12. The van der Waals surface area contributed by atoms with Gasteiger partial charge in [-0.15, -0.1) is 0 Å². The van der Waals surface area contributed by atoms with Crippen LogP contribution in [0.4, 0.5) is 10.1 Å². The molecule has 1 heterocycles. The minimum absolute atomic E-state index is 0.188. The van der Waals surface area contributed by atoms with Crippen LogP contribution in [0.3, 0.4) is 0 Å². The molecule has 1 saturated heterocycles. The van der Waals surface area contributed by atoms with E-state index in [-0.39, 0.29) is 23.5 Å². The summed E-state index contributed by atoms with van der Waals surface area (Å²) in [4.78, 5) is 26.9. The third kappa shape index (κ3) is 4.60. The van der Waals surface area contributed by atoms with Gasteiger partial charge in [0.2, 0.25) is 5.91 Å². The molecule has 0 spiro atoms. The van der Waals surface area contributed by atoms with E-state index >= 15 is 0 Å². The van der Waals surface area contributed by atoms with Gasteiger partial charge in [0.25, 0.3) is 5.91 Å². The van der Waals surface area contributed by atoms with Crippen molar-refractivity contribution in [2.45, 2.75) is 19.8 Å². The third-order valence-electron chi connectivity index (χ3n) is 4.69. The summed E-state index contributed by atoms with van der Waals surface area (Å²) in [5.41, 5.74) is 1.37. The molecule has 27 heavy (non-hydrogen) atoms. The molecule has 1 unspecified atom stereocenters. The highest BCUT2D eigenvalue weighted by Gasteiger charge is 2.29. The number of likely N-dealkylation sites (tertiary alicyclic amines) is 1. The third-order valence-corrected chi connectivity index (χ3v) is 5.42. The van der Waals surface area contributed by atoms with Crippen molar-refractivity contribution in [3.8, 4) is 0 Å². The molecular weight excluding hydrogens is 390 g/mol. The van der Waals surface area contributed by atoms with Crippen molar-refractivity contribution in [1.29, 1.82) is 0 Å². The maximum atomic E-state index is 13.7. The number of aryl methyl sites for hydroxylation is 1. The maximum absolute atomic E-state index is 13.7. The Balaban J connectivity index is 1.67. The first-order chi connectivity index (χ1) is 12.8. The van der Waals surface area contributed by atoms with E-state index in [2.05, 4.69) is 5.32 Å². The van der Waals surface area contributed by atoms with Gasteiger partial charge in [0.1, 0.15) is 5.82 Å². The molecule has 0 aromatic heterocycles. The van der Waals surface area contributed by atoms with Crippen LogP contribution in [0.2, 0.25) is 10.0 Å². The number of anilines is 1. The molecule has 1 aliphatic rings. The van der Waals surface area contributed by atoms with Crippen molar-refractivity contribution in [3.05, 3.63) is 63.4 Å². The topological polar surface area (TPSA) is 49.4 Å². The fourth-order valence-electron chi connectivity index (χ4n) is 3.10. The monoisotopic (exact) mass is 408 g/mol. The Hall–Kier alpha value is -2.11. The van der Waals surface area contributed by atoms with E-state index in [0.717, 1.165) is 0 Å². The molecule has 0 saturated carbocycles. The van der Waals surface area contributed by atoms with Gasteiger partial charge >= 0.3 is 0 Å². The van der Waals surface area contributed by atoms with E-state index in [4.69, 9.17) is 23.2 Å². The first kappa shape index (κ1) is 19.6. The Morgan fingerprint density at radius 1 is 1.15 bits per heavy atom. The molecule has 1 fully saturated rings. The van der Waals surface area contributed by atoms with Gasteiger partial charge < -0.3 is 10.2 Å². The van der Waals surface area contributed by atoms with Crippen molar-refractivity contribution >= 4 is 40.7 Å². The number of carbonyl (C=O) groups excluding carboxylic acids is 2. The minimum atomic E-state index is -0.368. The van der Waals surface area contributed by atoms with E-state index < -0.39 is 0 Å². The summed E-state index contributed by atoms with van der Waals surface area (Å²) in [6, 6.07) is 9.32. The molecule has 2 aromatic carbocycles. The lowest BCUT2D eigenvalue weighted by atomic mass is 9.96. The van der Waals surface area contributed by atoms with Crippen LogP contribution in [-0.2, 0) is 4.79 Å². The van der Waals surface area contributed by atoms with Gasteiger partial charge in [0, 0.05) is 24.3 Å². The van der Waals surface area contributed by atoms with Crippen LogP contribution in [0.15, 0.2) is 36.4 Å². The van der Waals surface area contributed by atoms with E-state index in [1.54, 1.807) is 36.1 Å². The predicted octanol–water partition coefficient (Wildman–Crippen LogP) is 4.93. The van der Waals surface area contributed by atoms with Crippen LogP contribution in [-0.4, -0.2) is 29.8 Å². The van der Waals surface area contributed by atoms with Crippen LogP contribution in [0.1, 0.15) is 28.8 Å². The number of benzene rings is 2. The molecule has 1 aliphatic heterocycles. The Bertz CT molecular complexity index is 888. The number of nitrogens with zero attached hydrogens (tertiary/aromatic N) is 1. The van der Waals surface area contributed by atoms with Gasteiger partial charge in [-0.1, -0.05) is 29.3 Å². The molecule has 4 nitrogen and oxygen atoms in total. The number of hydrogen-bond acceptors (Lipinski definition) is 2. The smallest absolute Gasteiger partial charge is 0.253 e. The van der Waals surface area contributed by atoms with Gasteiger partial charge in [-0.3, -0.25) is 9.59 Å². The molecule has 2 amide bonds. The van der Waals surface area contributed by atoms with Crippen molar-refractivity contribution in [2.24, 2.45) is 5.92 Å². The Labute approximate surface area is 167 Å². The Kier molecular flexibility index (Phi) is 6.02. The summed E-state index contributed by atoms with van der Waals surface area (Å²) in [7, 11) is 0. The largest absolute Gasteiger partial charge is 0.338 e. The number of nitrogens with one attached hydrogen (secondary N) is 1. The second-order valence-electron chi connectivity index (χ2n) is 6.67. The Morgan fingerprint density at radius 3 is 2.63 bits per heavy atom. The second kappa shape index (κ2) is 8.28. The molecule has 142 valence electrons. The molecule has 1 atom stereocenters. The quantitative estimate of drug-likeness (QED) is 0.782. The fraction of sp³-hybridized carbons (Fsp3) is 0.300. The second-order valence-corrected chi connectivity index (χ2v) is 7.49. The van der Waals surface area contributed by atoms with Crippen LogP contribution in [0, 0.1) is 18.7 Å². The van der Waals surface area contributed by atoms with Gasteiger partial charge in [-0.25, -0.2) is 4.39 Å². The van der Waals surface area contributed by atoms with Crippen LogP contribution < -0.4 is 5.32 Å². The van der Waals surface area contributed by atoms with Crippen molar-refractivity contribution in [2.75, 3.05) is 18.4 Å². The highest BCUT2D eigenvalue weighted by molar-refractivity contribution is 6.42. The fourth-order valence-corrected chi connectivity index (χ4v) is 3.40. The lowest BCUT2D eigenvalue weighted by Gasteiger charge is -2.32. The van der Waals surface area contributed by atoms with E-state index in [9.17, 15) is 14.0 Å². The molecule has 2 aromatic rings. The first-order valence-corrected chi connectivity index (χ1v) is 9.42. The number of halogens is 3. The Morgan fingerprint density at radius 2 is 1.93 bits per heavy atom. The summed E-state index contributed by atoms with van der Waals surface area (Å²) in [5, 5.41) is 3.44. The molecule has 1 N–H and O–H groups in total. The van der Waals surface area contributed by atoms with Gasteiger partial charge in [0.05, 0.1) is 16.0 Å². The molecule has 0 bridgehead atoms. The van der Waals surface area contributed by atoms with Crippen molar-refractivity contribution in [1.82, 2.24) is 4.90 Å². The summed E-state index contributed by atoms with van der Waals surface area (Å²) in [6.45, 7) is 2.54. The standard InChI is InChI=1S/C20H19Cl2FN2O2/c1-12-4-6-15(10-18(12)23)24-19(26)14-3-2-8-25(11-14)20(27)13-5-7-16(21)17(22)9-13/h4-7,9-10,14H,2-3,8,11H2,1H3,(H,24,26). The minimum Gasteiger partial charge on any atom is -0.338 e. The molecule has 0 aliphatic carbocycles. The van der Waals surface area contributed by atoms with Crippen LogP contribution in [0.5, 0.6) is 0 Å². The maximum Gasteiger partial charge on any atom is 0.253 e. The zero-order valence-corrected chi connectivity index (χ0v) is 16.3. The number of piperidine rings is 1. The van der Waals surface area contributed by atoms with E-state index in [1.165, 1.54) is 12.1 Å². The zero-order chi connectivity index (χ0) is 19.6. The highest BCUT2D eigenvalue weighted by atomic mass is 35.5. The zero-order valence-electron chi connectivity index (χ0n) is 14.8. The molecular formula is C20H19Cl2FN2O2. The lowest BCUT2D eigenvalue weighted by Crippen LogP contribution is -2.43. The van der Waals surface area contributed by atoms with E-state index in [0.29, 0.717) is 52.8 Å². The SMILES string of the molecule is Cc1ccc(NC(=O)C2CCCN(C(=O)c3ccc(Cl)c(Cl)c3)C2)cc1F. The normalized spacial score (nSPS) is 16.9. The van der Waals surface area contributed by atoms with Crippen LogP contribution in [0.25, 0.3) is 0 Å². The van der Waals surface area contributed by atoms with Gasteiger partial charge in [-0.2, -0.15) is 0 Å². The molecule has 3 rings (SSSR count). The number of hydrogen-bond donors (Lipinski definition) is 1. The number of carbonyl (C=O) groups is 2. The van der Waals surface area contributed by atoms with Crippen LogP contribution >= 0.6 is 23.2 Å². The van der Waals surface area contributed by atoms with Crippen molar-refractivity contribution in [3.63, 3.8) is 0 Å². The highest BCUT2D eigenvalue weighted by Crippen LogP contribution is 2.25. The number of rotatable bonds is 3. The number of amides is 2. The lowest BCUT2D eigenvalue weighted by molar-refractivity contribution is -0.121. The van der Waals surface area contributed by atoms with Gasteiger partial charge in [-0.05, 0) is 55.7 Å². The van der Waals surface area contributed by atoms with Gasteiger partial charge in [0.15, 0.2) is 0 Å².